The van der Waals surface area contributed by atoms with Crippen LogP contribution in [0.4, 0.5) is 0 Å². The minimum Gasteiger partial charge on any atom is -0.356 e. The van der Waals surface area contributed by atoms with Gasteiger partial charge in [-0.25, -0.2) is 0 Å². The Bertz CT molecular complexity index is 592. The highest BCUT2D eigenvalue weighted by atomic mass is 15.2. The van der Waals surface area contributed by atoms with Gasteiger partial charge >= 0.3 is 0 Å². The van der Waals surface area contributed by atoms with Gasteiger partial charge in [-0.05, 0) is 42.9 Å². The van der Waals surface area contributed by atoms with Crippen molar-refractivity contribution in [3.63, 3.8) is 0 Å². The highest BCUT2D eigenvalue weighted by molar-refractivity contribution is 5.79. The Hall–Kier alpha value is -1.59. The molecule has 1 saturated carbocycles. The highest BCUT2D eigenvalue weighted by Crippen LogP contribution is 2.42. The minimum atomic E-state index is 0.503. The monoisotopic (exact) mass is 371 g/mol. The maximum atomic E-state index is 4.38. The van der Waals surface area contributed by atoms with Crippen LogP contribution in [0.1, 0.15) is 43.7 Å². The zero-order valence-corrected chi connectivity index (χ0v) is 17.4. The largest absolute Gasteiger partial charge is 0.356 e. The number of nitrogens with zero attached hydrogens (tertiary/aromatic N) is 3. The van der Waals surface area contributed by atoms with E-state index in [4.69, 9.17) is 0 Å². The number of nitrogens with one attached hydrogen (secondary N) is 2. The first-order valence-corrected chi connectivity index (χ1v) is 10.6. The molecule has 0 bridgehead atoms. The topological polar surface area (TPSA) is 42.9 Å². The molecule has 1 heterocycles. The van der Waals surface area contributed by atoms with Gasteiger partial charge in [0.2, 0.25) is 0 Å². The standard InChI is InChI=1S/C22H37N5/c1-4-22(10-5-11-22)18-25-21(23-2)24-16-19-6-8-20(9-7-19)17-27-14-12-26(3)13-15-27/h6-9H,4-5,10-18H2,1-3H3,(H2,23,24,25). The fourth-order valence-corrected chi connectivity index (χ4v) is 4.04. The third-order valence-electron chi connectivity index (χ3n) is 6.50. The molecule has 150 valence electrons. The molecule has 5 nitrogen and oxygen atoms in total. The summed E-state index contributed by atoms with van der Waals surface area (Å²) in [6, 6.07) is 9.02. The van der Waals surface area contributed by atoms with Crippen molar-refractivity contribution in [2.45, 2.75) is 45.7 Å². The molecule has 0 atom stereocenters. The van der Waals surface area contributed by atoms with Crippen molar-refractivity contribution in [2.75, 3.05) is 46.8 Å². The summed E-state index contributed by atoms with van der Waals surface area (Å²) in [5.74, 6) is 0.913. The lowest BCUT2D eigenvalue weighted by Crippen LogP contribution is -2.46. The first-order valence-electron chi connectivity index (χ1n) is 10.6. The molecule has 3 rings (SSSR count). The average molecular weight is 372 g/mol. The number of likely N-dealkylation sites (N-methyl/N-ethyl adjacent to an activating group) is 1. The summed E-state index contributed by atoms with van der Waals surface area (Å²) in [5, 5.41) is 6.99. The lowest BCUT2D eigenvalue weighted by molar-refractivity contribution is 0.131. The van der Waals surface area contributed by atoms with E-state index in [-0.39, 0.29) is 0 Å². The summed E-state index contributed by atoms with van der Waals surface area (Å²) in [6.07, 6.45) is 5.33. The zero-order chi connectivity index (χ0) is 19.1. The number of guanidine groups is 1. The van der Waals surface area contributed by atoms with Crippen molar-refractivity contribution in [1.82, 2.24) is 20.4 Å². The van der Waals surface area contributed by atoms with Crippen LogP contribution in [0.2, 0.25) is 0 Å². The van der Waals surface area contributed by atoms with E-state index in [2.05, 4.69) is 63.7 Å². The smallest absolute Gasteiger partial charge is 0.191 e. The van der Waals surface area contributed by atoms with E-state index in [1.165, 1.54) is 63.0 Å². The maximum Gasteiger partial charge on any atom is 0.191 e. The second kappa shape index (κ2) is 9.56. The molecule has 1 aromatic rings. The lowest BCUT2D eigenvalue weighted by atomic mass is 9.67. The first kappa shape index (κ1) is 20.2. The molecule has 0 unspecified atom stereocenters. The van der Waals surface area contributed by atoms with E-state index in [0.717, 1.165) is 25.6 Å². The van der Waals surface area contributed by atoms with E-state index in [0.29, 0.717) is 5.41 Å². The van der Waals surface area contributed by atoms with Gasteiger partial charge in [-0.3, -0.25) is 9.89 Å². The molecular weight excluding hydrogens is 334 g/mol. The second-order valence-corrected chi connectivity index (χ2v) is 8.38. The molecule has 0 aromatic heterocycles. The molecule has 0 amide bonds. The van der Waals surface area contributed by atoms with Crippen LogP contribution in [0.15, 0.2) is 29.3 Å². The fraction of sp³-hybridized carbons (Fsp3) is 0.682. The number of hydrogen-bond acceptors (Lipinski definition) is 3. The predicted molar refractivity (Wildman–Crippen MR) is 114 cm³/mol. The van der Waals surface area contributed by atoms with Crippen molar-refractivity contribution < 1.29 is 0 Å². The third kappa shape index (κ3) is 5.69. The van der Waals surface area contributed by atoms with Crippen molar-refractivity contribution >= 4 is 5.96 Å². The van der Waals surface area contributed by atoms with Gasteiger partial charge in [0.15, 0.2) is 5.96 Å². The van der Waals surface area contributed by atoms with E-state index in [1.54, 1.807) is 0 Å². The molecule has 0 radical (unpaired) electrons. The van der Waals surface area contributed by atoms with Gasteiger partial charge in [0.1, 0.15) is 0 Å². The second-order valence-electron chi connectivity index (χ2n) is 8.38. The van der Waals surface area contributed by atoms with Crippen molar-refractivity contribution in [1.29, 1.82) is 0 Å². The molecule has 1 aromatic carbocycles. The lowest BCUT2D eigenvalue weighted by Gasteiger charge is -2.41. The maximum absolute atomic E-state index is 4.38. The summed E-state index contributed by atoms with van der Waals surface area (Å²) in [5.41, 5.74) is 3.21. The average Bonchev–Trinajstić information content (AvgIpc) is 2.66. The quantitative estimate of drug-likeness (QED) is 0.571. The molecule has 2 fully saturated rings. The van der Waals surface area contributed by atoms with Gasteiger partial charge in [-0.1, -0.05) is 37.6 Å². The normalized spacial score (nSPS) is 20.9. The molecule has 5 heteroatoms. The van der Waals surface area contributed by atoms with E-state index >= 15 is 0 Å². The summed E-state index contributed by atoms with van der Waals surface area (Å²) in [7, 11) is 4.06. The van der Waals surface area contributed by atoms with Crippen LogP contribution in [-0.4, -0.2) is 62.6 Å². The first-order chi connectivity index (χ1) is 13.1. The van der Waals surface area contributed by atoms with Crippen LogP contribution < -0.4 is 10.6 Å². The van der Waals surface area contributed by atoms with Crippen LogP contribution in [0.5, 0.6) is 0 Å². The Morgan fingerprint density at radius 3 is 2.26 bits per heavy atom. The van der Waals surface area contributed by atoms with Gasteiger partial charge in [0, 0.05) is 52.9 Å². The van der Waals surface area contributed by atoms with Gasteiger partial charge in [-0.15, -0.1) is 0 Å². The summed E-state index contributed by atoms with van der Waals surface area (Å²) in [6.45, 7) is 9.90. The number of aliphatic imine (C=N–C) groups is 1. The summed E-state index contributed by atoms with van der Waals surface area (Å²) >= 11 is 0. The molecule has 2 aliphatic rings. The third-order valence-corrected chi connectivity index (χ3v) is 6.50. The zero-order valence-electron chi connectivity index (χ0n) is 17.4. The van der Waals surface area contributed by atoms with Gasteiger partial charge in [-0.2, -0.15) is 0 Å². The van der Waals surface area contributed by atoms with Crippen molar-refractivity contribution in [3.05, 3.63) is 35.4 Å². The fourth-order valence-electron chi connectivity index (χ4n) is 4.04. The Morgan fingerprint density at radius 1 is 1.04 bits per heavy atom. The van der Waals surface area contributed by atoms with E-state index < -0.39 is 0 Å². The number of hydrogen-bond donors (Lipinski definition) is 2. The number of benzene rings is 1. The molecule has 1 saturated heterocycles. The van der Waals surface area contributed by atoms with E-state index in [9.17, 15) is 0 Å². The molecule has 27 heavy (non-hydrogen) atoms. The molecule has 2 N–H and O–H groups in total. The van der Waals surface area contributed by atoms with Crippen molar-refractivity contribution in [3.8, 4) is 0 Å². The predicted octanol–water partition coefficient (Wildman–Crippen LogP) is 2.68. The Kier molecular flexibility index (Phi) is 7.13. The van der Waals surface area contributed by atoms with Gasteiger partial charge in [0.25, 0.3) is 0 Å². The highest BCUT2D eigenvalue weighted by Gasteiger charge is 2.34. The summed E-state index contributed by atoms with van der Waals surface area (Å²) in [4.78, 5) is 9.33. The van der Waals surface area contributed by atoms with Crippen LogP contribution in [0.25, 0.3) is 0 Å². The Morgan fingerprint density at radius 2 is 1.70 bits per heavy atom. The van der Waals surface area contributed by atoms with Crippen molar-refractivity contribution in [2.24, 2.45) is 10.4 Å². The Balaban J connectivity index is 1.42. The number of piperazine rings is 1. The number of rotatable bonds is 7. The van der Waals surface area contributed by atoms with Gasteiger partial charge in [0.05, 0.1) is 0 Å². The summed E-state index contributed by atoms with van der Waals surface area (Å²) < 4.78 is 0. The minimum absolute atomic E-state index is 0.503. The molecular formula is C22H37N5. The van der Waals surface area contributed by atoms with E-state index in [1.807, 2.05) is 7.05 Å². The molecule has 0 spiro atoms. The molecule has 1 aliphatic carbocycles. The Labute approximate surface area is 165 Å². The SMILES string of the molecule is CCC1(CNC(=NC)NCc2ccc(CN3CCN(C)CC3)cc2)CCC1. The van der Waals surface area contributed by atoms with Crippen LogP contribution >= 0.6 is 0 Å². The van der Waals surface area contributed by atoms with Crippen LogP contribution in [0.3, 0.4) is 0 Å². The van der Waals surface area contributed by atoms with Gasteiger partial charge < -0.3 is 15.5 Å². The van der Waals surface area contributed by atoms with Crippen LogP contribution in [-0.2, 0) is 13.1 Å². The van der Waals surface area contributed by atoms with Crippen LogP contribution in [0, 0.1) is 5.41 Å². The molecule has 1 aliphatic heterocycles.